The number of halogens is 1. The molecule has 2 amide bonds. The van der Waals surface area contributed by atoms with Crippen molar-refractivity contribution >= 4 is 17.5 Å². The van der Waals surface area contributed by atoms with Gasteiger partial charge in [0, 0.05) is 45.5 Å². The van der Waals surface area contributed by atoms with Crippen molar-refractivity contribution in [2.24, 2.45) is 0 Å². The van der Waals surface area contributed by atoms with E-state index in [1.807, 2.05) is 0 Å². The normalized spacial score (nSPS) is 14.7. The summed E-state index contributed by atoms with van der Waals surface area (Å²) in [5.41, 5.74) is 0.941. The molecular formula is C16H22FN3O3. The van der Waals surface area contributed by atoms with Crippen molar-refractivity contribution in [3.8, 4) is 0 Å². The molecule has 1 heterocycles. The number of nitrogens with one attached hydrogen (secondary N) is 1. The standard InChI is InChI=1S/C16H22FN3O3/c1-23-11-6-18-15(21)12-16(22)20-9-7-19(8-10-20)14-4-2-13(17)3-5-14/h2-5H,6-12H2,1H3,(H,18,21). The molecule has 7 heteroatoms. The number of hydrogen-bond donors (Lipinski definition) is 1. The molecule has 1 saturated heterocycles. The van der Waals surface area contributed by atoms with Crippen molar-refractivity contribution < 1.29 is 18.7 Å². The van der Waals surface area contributed by atoms with Crippen molar-refractivity contribution in [3.05, 3.63) is 30.1 Å². The molecule has 0 aromatic heterocycles. The van der Waals surface area contributed by atoms with E-state index < -0.39 is 0 Å². The predicted molar refractivity (Wildman–Crippen MR) is 84.7 cm³/mol. The maximum atomic E-state index is 12.9. The fourth-order valence-corrected chi connectivity index (χ4v) is 2.47. The second-order valence-electron chi connectivity index (χ2n) is 5.36. The van der Waals surface area contributed by atoms with Crippen LogP contribution < -0.4 is 10.2 Å². The predicted octanol–water partition coefficient (Wildman–Crippen LogP) is 0.627. The molecule has 0 spiro atoms. The summed E-state index contributed by atoms with van der Waals surface area (Å²) in [6, 6.07) is 6.32. The lowest BCUT2D eigenvalue weighted by atomic mass is 10.2. The summed E-state index contributed by atoms with van der Waals surface area (Å²) in [6.07, 6.45) is -0.139. The first-order chi connectivity index (χ1) is 11.1. The second kappa shape index (κ2) is 8.47. The maximum Gasteiger partial charge on any atom is 0.232 e. The van der Waals surface area contributed by atoms with E-state index in [-0.39, 0.29) is 24.1 Å². The fourth-order valence-electron chi connectivity index (χ4n) is 2.47. The van der Waals surface area contributed by atoms with Crippen molar-refractivity contribution in [3.63, 3.8) is 0 Å². The quantitative estimate of drug-likeness (QED) is 0.616. The summed E-state index contributed by atoms with van der Waals surface area (Å²) in [5.74, 6) is -0.714. The summed E-state index contributed by atoms with van der Waals surface area (Å²) in [4.78, 5) is 27.5. The first kappa shape index (κ1) is 17.2. The average molecular weight is 323 g/mol. The molecule has 0 unspecified atom stereocenters. The molecule has 0 bridgehead atoms. The Balaban J connectivity index is 1.76. The minimum absolute atomic E-state index is 0.139. The lowest BCUT2D eigenvalue weighted by Gasteiger charge is -2.36. The van der Waals surface area contributed by atoms with Crippen LogP contribution in [0.4, 0.5) is 10.1 Å². The maximum absolute atomic E-state index is 12.9. The van der Waals surface area contributed by atoms with Crippen LogP contribution in [0.1, 0.15) is 6.42 Å². The molecule has 0 radical (unpaired) electrons. The summed E-state index contributed by atoms with van der Waals surface area (Å²) in [6.45, 7) is 3.28. The summed E-state index contributed by atoms with van der Waals surface area (Å²) in [7, 11) is 1.55. The minimum atomic E-state index is -0.284. The number of methoxy groups -OCH3 is 1. The van der Waals surface area contributed by atoms with Gasteiger partial charge in [0.1, 0.15) is 12.2 Å². The largest absolute Gasteiger partial charge is 0.383 e. The summed E-state index contributed by atoms with van der Waals surface area (Å²) in [5, 5.41) is 2.64. The monoisotopic (exact) mass is 323 g/mol. The van der Waals surface area contributed by atoms with Gasteiger partial charge in [0.15, 0.2) is 0 Å². The zero-order valence-electron chi connectivity index (χ0n) is 13.3. The van der Waals surface area contributed by atoms with Crippen LogP contribution in [-0.4, -0.2) is 63.2 Å². The molecule has 1 fully saturated rings. The van der Waals surface area contributed by atoms with Gasteiger partial charge in [-0.1, -0.05) is 0 Å². The van der Waals surface area contributed by atoms with Gasteiger partial charge in [-0.2, -0.15) is 0 Å². The molecular weight excluding hydrogens is 301 g/mol. The topological polar surface area (TPSA) is 61.9 Å². The second-order valence-corrected chi connectivity index (χ2v) is 5.36. The lowest BCUT2D eigenvalue weighted by molar-refractivity contribution is -0.136. The molecule has 6 nitrogen and oxygen atoms in total. The molecule has 1 aliphatic heterocycles. The third kappa shape index (κ3) is 5.21. The molecule has 1 aliphatic rings. The highest BCUT2D eigenvalue weighted by Gasteiger charge is 2.22. The van der Waals surface area contributed by atoms with Crippen LogP contribution >= 0.6 is 0 Å². The summed E-state index contributed by atoms with van der Waals surface area (Å²) >= 11 is 0. The first-order valence-corrected chi connectivity index (χ1v) is 7.64. The number of carbonyl (C=O) groups excluding carboxylic acids is 2. The molecule has 1 aromatic rings. The number of anilines is 1. The Bertz CT molecular complexity index is 528. The van der Waals surface area contributed by atoms with E-state index in [9.17, 15) is 14.0 Å². The van der Waals surface area contributed by atoms with E-state index in [0.29, 0.717) is 39.3 Å². The average Bonchev–Trinajstić information content (AvgIpc) is 2.56. The first-order valence-electron chi connectivity index (χ1n) is 7.64. The molecule has 1 aromatic carbocycles. The van der Waals surface area contributed by atoms with Crippen molar-refractivity contribution in [2.75, 3.05) is 51.3 Å². The lowest BCUT2D eigenvalue weighted by Crippen LogP contribution is -2.49. The van der Waals surface area contributed by atoms with Crippen molar-refractivity contribution in [2.45, 2.75) is 6.42 Å². The number of carbonyl (C=O) groups is 2. The van der Waals surface area contributed by atoms with Gasteiger partial charge < -0.3 is 19.9 Å². The highest BCUT2D eigenvalue weighted by atomic mass is 19.1. The molecule has 0 saturated carbocycles. The Morgan fingerprint density at radius 1 is 1.17 bits per heavy atom. The third-order valence-electron chi connectivity index (χ3n) is 3.76. The zero-order chi connectivity index (χ0) is 16.7. The van der Waals surface area contributed by atoms with Crippen LogP contribution in [0.15, 0.2) is 24.3 Å². The van der Waals surface area contributed by atoms with Crippen LogP contribution in [0.2, 0.25) is 0 Å². The highest BCUT2D eigenvalue weighted by Crippen LogP contribution is 2.17. The van der Waals surface area contributed by atoms with E-state index in [1.165, 1.54) is 12.1 Å². The molecule has 126 valence electrons. The van der Waals surface area contributed by atoms with E-state index in [1.54, 1.807) is 24.1 Å². The molecule has 1 N–H and O–H groups in total. The van der Waals surface area contributed by atoms with E-state index in [4.69, 9.17) is 4.74 Å². The van der Waals surface area contributed by atoms with Gasteiger partial charge in [-0.15, -0.1) is 0 Å². The van der Waals surface area contributed by atoms with Crippen LogP contribution in [-0.2, 0) is 14.3 Å². The molecule has 2 rings (SSSR count). The van der Waals surface area contributed by atoms with Gasteiger partial charge in [-0.25, -0.2) is 4.39 Å². The smallest absolute Gasteiger partial charge is 0.232 e. The number of nitrogens with zero attached hydrogens (tertiary/aromatic N) is 2. The Labute approximate surface area is 135 Å². The minimum Gasteiger partial charge on any atom is -0.383 e. The SMILES string of the molecule is COCCNC(=O)CC(=O)N1CCN(c2ccc(F)cc2)CC1. The highest BCUT2D eigenvalue weighted by molar-refractivity contribution is 5.96. The van der Waals surface area contributed by atoms with Gasteiger partial charge in [0.05, 0.1) is 6.61 Å². The Morgan fingerprint density at radius 3 is 2.43 bits per heavy atom. The third-order valence-corrected chi connectivity index (χ3v) is 3.76. The van der Waals surface area contributed by atoms with Gasteiger partial charge in [-0.05, 0) is 24.3 Å². The number of benzene rings is 1. The Hall–Kier alpha value is -2.15. The molecule has 23 heavy (non-hydrogen) atoms. The zero-order valence-corrected chi connectivity index (χ0v) is 13.3. The van der Waals surface area contributed by atoms with E-state index >= 15 is 0 Å². The number of hydrogen-bond acceptors (Lipinski definition) is 4. The number of rotatable bonds is 6. The van der Waals surface area contributed by atoms with E-state index in [0.717, 1.165) is 5.69 Å². The van der Waals surface area contributed by atoms with Gasteiger partial charge in [0.2, 0.25) is 11.8 Å². The Kier molecular flexibility index (Phi) is 6.34. The van der Waals surface area contributed by atoms with Crippen LogP contribution in [0.3, 0.4) is 0 Å². The van der Waals surface area contributed by atoms with Gasteiger partial charge in [0.25, 0.3) is 0 Å². The van der Waals surface area contributed by atoms with Crippen molar-refractivity contribution in [1.29, 1.82) is 0 Å². The molecule has 0 aliphatic carbocycles. The number of amides is 2. The number of piperazine rings is 1. The van der Waals surface area contributed by atoms with Crippen molar-refractivity contribution in [1.82, 2.24) is 10.2 Å². The van der Waals surface area contributed by atoms with Crippen LogP contribution in [0, 0.1) is 5.82 Å². The Morgan fingerprint density at radius 2 is 1.83 bits per heavy atom. The van der Waals surface area contributed by atoms with Crippen LogP contribution in [0.25, 0.3) is 0 Å². The summed E-state index contributed by atoms with van der Waals surface area (Å²) < 4.78 is 17.8. The van der Waals surface area contributed by atoms with Gasteiger partial charge in [-0.3, -0.25) is 9.59 Å². The van der Waals surface area contributed by atoms with E-state index in [2.05, 4.69) is 10.2 Å². The van der Waals surface area contributed by atoms with Gasteiger partial charge >= 0.3 is 0 Å². The van der Waals surface area contributed by atoms with Crippen LogP contribution in [0.5, 0.6) is 0 Å². The molecule has 0 atom stereocenters. The number of ether oxygens (including phenoxy) is 1. The fraction of sp³-hybridized carbons (Fsp3) is 0.500.